The molecule has 0 fully saturated rings. The van der Waals surface area contributed by atoms with Gasteiger partial charge in [0.05, 0.1) is 5.02 Å². The Morgan fingerprint density at radius 3 is 2.87 bits per heavy atom. The van der Waals surface area contributed by atoms with Crippen molar-refractivity contribution in [3.63, 3.8) is 0 Å². The highest BCUT2D eigenvalue weighted by molar-refractivity contribution is 6.32. The molecule has 0 amide bonds. The smallest absolute Gasteiger partial charge is 0.147 e. The van der Waals surface area contributed by atoms with Crippen LogP contribution in [0.4, 0.5) is 5.82 Å². The van der Waals surface area contributed by atoms with Crippen LogP contribution in [-0.4, -0.2) is 31.7 Å². The molecule has 1 aromatic heterocycles. The molecule has 0 aliphatic carbocycles. The lowest BCUT2D eigenvalue weighted by atomic mass is 10.3. The number of halogens is 1. The summed E-state index contributed by atoms with van der Waals surface area (Å²) in [4.78, 5) is 6.52. The second-order valence-corrected chi connectivity index (χ2v) is 3.81. The molecule has 0 aliphatic rings. The monoisotopic (exact) mass is 227 g/mol. The second kappa shape index (κ2) is 6.64. The Morgan fingerprint density at radius 2 is 2.27 bits per heavy atom. The Bertz CT molecular complexity index is 291. The van der Waals surface area contributed by atoms with E-state index in [9.17, 15) is 0 Å². The largest absolute Gasteiger partial charge is 0.354 e. The molecule has 1 rings (SSSR count). The Labute approximate surface area is 96.5 Å². The number of pyridine rings is 1. The van der Waals surface area contributed by atoms with Gasteiger partial charge >= 0.3 is 0 Å². The minimum atomic E-state index is 0.724. The number of hydrogen-bond acceptors (Lipinski definition) is 3. The number of nitrogens with zero attached hydrogens (tertiary/aromatic N) is 2. The van der Waals surface area contributed by atoms with Gasteiger partial charge in [0.1, 0.15) is 5.82 Å². The maximum Gasteiger partial charge on any atom is 0.147 e. The summed E-state index contributed by atoms with van der Waals surface area (Å²) in [5.41, 5.74) is 0. The molecular weight excluding hydrogens is 210 g/mol. The molecule has 84 valence electrons. The van der Waals surface area contributed by atoms with E-state index in [0.29, 0.717) is 0 Å². The average Bonchev–Trinajstić information content (AvgIpc) is 2.25. The molecule has 0 saturated heterocycles. The summed E-state index contributed by atoms with van der Waals surface area (Å²) >= 11 is 6.11. The summed E-state index contributed by atoms with van der Waals surface area (Å²) < 4.78 is 0. The lowest BCUT2D eigenvalue weighted by molar-refractivity contribution is 0.702. The van der Waals surface area contributed by atoms with E-state index in [1.165, 1.54) is 0 Å². The van der Waals surface area contributed by atoms with Gasteiger partial charge in [-0.1, -0.05) is 18.5 Å². The van der Waals surface area contributed by atoms with E-state index >= 15 is 0 Å². The molecule has 1 heterocycles. The van der Waals surface area contributed by atoms with E-state index in [0.717, 1.165) is 36.9 Å². The molecule has 4 heteroatoms. The maximum atomic E-state index is 6.11. The van der Waals surface area contributed by atoms with Gasteiger partial charge in [-0.3, -0.25) is 0 Å². The third-order valence-corrected chi connectivity index (χ3v) is 2.46. The van der Waals surface area contributed by atoms with Crippen LogP contribution in [0, 0.1) is 0 Å². The van der Waals surface area contributed by atoms with E-state index in [4.69, 9.17) is 11.6 Å². The van der Waals surface area contributed by atoms with Crippen LogP contribution < -0.4 is 10.2 Å². The van der Waals surface area contributed by atoms with E-state index in [-0.39, 0.29) is 0 Å². The summed E-state index contributed by atoms with van der Waals surface area (Å²) in [7, 11) is 1.95. The van der Waals surface area contributed by atoms with Gasteiger partial charge in [0.15, 0.2) is 0 Å². The number of hydrogen-bond donors (Lipinski definition) is 1. The standard InChI is InChI=1S/C11H18ClN3/c1-3-8-15(9-7-13-2)11-10(12)5-4-6-14-11/h4-6,13H,3,7-9H2,1-2H3. The molecule has 0 bridgehead atoms. The van der Waals surface area contributed by atoms with Crippen LogP contribution in [0.5, 0.6) is 0 Å². The third kappa shape index (κ3) is 3.68. The van der Waals surface area contributed by atoms with E-state index in [1.54, 1.807) is 6.20 Å². The fourth-order valence-electron chi connectivity index (χ4n) is 1.45. The molecule has 0 atom stereocenters. The van der Waals surface area contributed by atoms with Crippen LogP contribution in [0.25, 0.3) is 0 Å². The van der Waals surface area contributed by atoms with Crippen LogP contribution in [0.1, 0.15) is 13.3 Å². The molecular formula is C11H18ClN3. The minimum Gasteiger partial charge on any atom is -0.354 e. The predicted octanol–water partition coefficient (Wildman–Crippen LogP) is 2.17. The normalized spacial score (nSPS) is 10.3. The SMILES string of the molecule is CCCN(CCNC)c1ncccc1Cl. The van der Waals surface area contributed by atoms with Gasteiger partial charge < -0.3 is 10.2 Å². The fourth-order valence-corrected chi connectivity index (χ4v) is 1.69. The quantitative estimate of drug-likeness (QED) is 0.808. The van der Waals surface area contributed by atoms with Crippen LogP contribution >= 0.6 is 11.6 Å². The molecule has 0 aromatic carbocycles. The van der Waals surface area contributed by atoms with Crippen molar-refractivity contribution >= 4 is 17.4 Å². The highest BCUT2D eigenvalue weighted by Crippen LogP contribution is 2.21. The number of nitrogens with one attached hydrogen (secondary N) is 1. The number of rotatable bonds is 6. The number of anilines is 1. The van der Waals surface area contributed by atoms with Crippen molar-refractivity contribution in [1.82, 2.24) is 10.3 Å². The van der Waals surface area contributed by atoms with Gasteiger partial charge in [-0.25, -0.2) is 4.98 Å². The Kier molecular flexibility index (Phi) is 5.43. The van der Waals surface area contributed by atoms with Crippen molar-refractivity contribution in [3.8, 4) is 0 Å². The average molecular weight is 228 g/mol. The molecule has 1 aromatic rings. The molecule has 1 N–H and O–H groups in total. The zero-order chi connectivity index (χ0) is 11.1. The number of likely N-dealkylation sites (N-methyl/N-ethyl adjacent to an activating group) is 1. The molecule has 0 aliphatic heterocycles. The summed E-state index contributed by atoms with van der Waals surface area (Å²) in [6.07, 6.45) is 2.87. The first-order chi connectivity index (χ1) is 7.29. The van der Waals surface area contributed by atoms with Crippen LogP contribution in [0.3, 0.4) is 0 Å². The third-order valence-electron chi connectivity index (χ3n) is 2.16. The van der Waals surface area contributed by atoms with Crippen molar-refractivity contribution in [2.24, 2.45) is 0 Å². The first-order valence-electron chi connectivity index (χ1n) is 5.29. The van der Waals surface area contributed by atoms with Crippen LogP contribution in [0.15, 0.2) is 18.3 Å². The molecule has 0 unspecified atom stereocenters. The van der Waals surface area contributed by atoms with E-state index in [1.807, 2.05) is 19.2 Å². The van der Waals surface area contributed by atoms with Gasteiger partial charge in [0.2, 0.25) is 0 Å². The summed E-state index contributed by atoms with van der Waals surface area (Å²) in [6, 6.07) is 3.74. The zero-order valence-electron chi connectivity index (χ0n) is 9.33. The lowest BCUT2D eigenvalue weighted by Crippen LogP contribution is -2.32. The second-order valence-electron chi connectivity index (χ2n) is 3.40. The Hall–Kier alpha value is -0.800. The summed E-state index contributed by atoms with van der Waals surface area (Å²) in [5, 5.41) is 3.86. The lowest BCUT2D eigenvalue weighted by Gasteiger charge is -2.23. The Balaban J connectivity index is 2.74. The first-order valence-corrected chi connectivity index (χ1v) is 5.67. The maximum absolute atomic E-state index is 6.11. The highest BCUT2D eigenvalue weighted by atomic mass is 35.5. The van der Waals surface area contributed by atoms with Crippen molar-refractivity contribution in [2.45, 2.75) is 13.3 Å². The summed E-state index contributed by atoms with van der Waals surface area (Å²) in [6.45, 7) is 5.01. The summed E-state index contributed by atoms with van der Waals surface area (Å²) in [5.74, 6) is 0.885. The molecule has 0 saturated carbocycles. The minimum absolute atomic E-state index is 0.724. The molecule has 15 heavy (non-hydrogen) atoms. The first kappa shape index (κ1) is 12.3. The van der Waals surface area contributed by atoms with Gasteiger partial charge in [-0.15, -0.1) is 0 Å². The van der Waals surface area contributed by atoms with Crippen LogP contribution in [-0.2, 0) is 0 Å². The zero-order valence-corrected chi connectivity index (χ0v) is 10.1. The van der Waals surface area contributed by atoms with E-state index in [2.05, 4.69) is 22.1 Å². The molecule has 0 spiro atoms. The van der Waals surface area contributed by atoms with Crippen LogP contribution in [0.2, 0.25) is 5.02 Å². The highest BCUT2D eigenvalue weighted by Gasteiger charge is 2.09. The molecule has 3 nitrogen and oxygen atoms in total. The van der Waals surface area contributed by atoms with Gasteiger partial charge in [-0.2, -0.15) is 0 Å². The topological polar surface area (TPSA) is 28.2 Å². The Morgan fingerprint density at radius 1 is 1.47 bits per heavy atom. The van der Waals surface area contributed by atoms with Gasteiger partial charge in [0.25, 0.3) is 0 Å². The fraction of sp³-hybridized carbons (Fsp3) is 0.545. The van der Waals surface area contributed by atoms with Gasteiger partial charge in [-0.05, 0) is 25.6 Å². The van der Waals surface area contributed by atoms with E-state index < -0.39 is 0 Å². The van der Waals surface area contributed by atoms with Crippen molar-refractivity contribution in [3.05, 3.63) is 23.4 Å². The van der Waals surface area contributed by atoms with Crippen molar-refractivity contribution < 1.29 is 0 Å². The van der Waals surface area contributed by atoms with Crippen molar-refractivity contribution in [2.75, 3.05) is 31.6 Å². The number of aromatic nitrogens is 1. The van der Waals surface area contributed by atoms with Crippen molar-refractivity contribution in [1.29, 1.82) is 0 Å². The predicted molar refractivity (Wildman–Crippen MR) is 65.7 cm³/mol. The molecule has 0 radical (unpaired) electrons. The van der Waals surface area contributed by atoms with Gasteiger partial charge in [0, 0.05) is 25.8 Å².